The lowest BCUT2D eigenvalue weighted by Crippen LogP contribution is -2.35. The van der Waals surface area contributed by atoms with Crippen LogP contribution in [0.2, 0.25) is 0 Å². The second-order valence-electron chi connectivity index (χ2n) is 37.6. The zero-order chi connectivity index (χ0) is 98.2. The predicted octanol–water partition coefficient (Wildman–Crippen LogP) is 17.6. The lowest BCUT2D eigenvalue weighted by Gasteiger charge is -2.19. The van der Waals surface area contributed by atoms with Gasteiger partial charge in [0.15, 0.2) is 0 Å². The zero-order valence-corrected chi connectivity index (χ0v) is 88.4. The quantitative estimate of drug-likeness (QED) is 0.0253. The fourth-order valence-corrected chi connectivity index (χ4v) is 27.0. The third-order valence-corrected chi connectivity index (χ3v) is 35.3. The minimum atomic E-state index is -0.940. The van der Waals surface area contributed by atoms with Crippen molar-refractivity contribution in [3.63, 3.8) is 0 Å². The van der Waals surface area contributed by atoms with E-state index < -0.39 is 17.8 Å². The Balaban J connectivity index is 0.000000108. The van der Waals surface area contributed by atoms with Crippen molar-refractivity contribution in [2.75, 3.05) is 27.9 Å². The first-order valence-corrected chi connectivity index (χ1v) is 56.9. The van der Waals surface area contributed by atoms with Gasteiger partial charge in [0.05, 0.1) is 117 Å². The molecule has 0 radical (unpaired) electrons. The van der Waals surface area contributed by atoms with Gasteiger partial charge in [-0.2, -0.15) is 36.9 Å². The molecule has 6 aliphatic rings. The van der Waals surface area contributed by atoms with Crippen LogP contribution < -0.4 is 42.2 Å². The number of rotatable bonds is 25. The van der Waals surface area contributed by atoms with Crippen molar-refractivity contribution in [1.29, 1.82) is 0 Å². The Morgan fingerprint density at radius 2 is 0.732 bits per heavy atom. The SMILES string of the molecule is Cc1cc(Cc2nc(NC3CCC(C)(O)C3)c3sccc3n2)sn1.Cc1cc(Cc2nc(N[C@@H]3C[C@H](CO)[C@@H](O)[C@H]3O)c3sccc3n2)sn1.Cc1cc(Cc2nc(N[C@H]3CC[C@@H](O)C3)c3sccc3n2)sn1.Cc1cc(Cc2nc(N[C@H]3CC[C@H](O)C3)c3sccc3n2)sn1.Cc1cc(Cc2nc(O[C@H]3CC[C@@H](N)C3)c3sccc3n2)sn1.Cn1cc(Cc2nc(O[C@H]3CC[C@@H](N)C3)c3sccc3n2)cn1. The van der Waals surface area contributed by atoms with E-state index in [0.717, 1.165) is 243 Å². The molecule has 44 heteroatoms. The molecule has 0 saturated heterocycles. The number of nitrogens with zero attached hydrogens (tertiary/aromatic N) is 19. The van der Waals surface area contributed by atoms with Crippen LogP contribution in [0, 0.1) is 40.5 Å². The molecule has 6 saturated carbocycles. The normalized spacial score (nSPS) is 22.5. The van der Waals surface area contributed by atoms with E-state index in [1.54, 1.807) is 61.4 Å². The molecule has 24 rings (SSSR count). The van der Waals surface area contributed by atoms with E-state index in [0.29, 0.717) is 80.4 Å². The molecule has 142 heavy (non-hydrogen) atoms. The number of aliphatic hydroxyl groups is 6. The molecule has 33 nitrogen and oxygen atoms in total. The van der Waals surface area contributed by atoms with Gasteiger partial charge in [-0.1, -0.05) is 0 Å². The van der Waals surface area contributed by atoms with Gasteiger partial charge in [-0.3, -0.25) is 4.68 Å². The summed E-state index contributed by atoms with van der Waals surface area (Å²) in [4.78, 5) is 62.1. The third kappa shape index (κ3) is 25.9. The Morgan fingerprint density at radius 1 is 0.394 bits per heavy atom. The molecule has 18 heterocycles. The fraction of sp³-hybridized carbons (Fsp3) is 0.449. The number of thiophene rings is 6. The van der Waals surface area contributed by atoms with Gasteiger partial charge >= 0.3 is 0 Å². The fourth-order valence-electron chi connectivity index (χ4n) is 18.7. The van der Waals surface area contributed by atoms with Gasteiger partial charge < -0.3 is 72.8 Å². The summed E-state index contributed by atoms with van der Waals surface area (Å²) in [6.45, 7) is 11.7. The van der Waals surface area contributed by atoms with Crippen LogP contribution in [0.1, 0.15) is 203 Å². The summed E-state index contributed by atoms with van der Waals surface area (Å²) in [5, 5.41) is 89.6. The van der Waals surface area contributed by atoms with E-state index in [1.807, 2.05) is 120 Å². The number of ether oxygens (including phenoxy) is 2. The van der Waals surface area contributed by atoms with Crippen molar-refractivity contribution in [3.05, 3.63) is 205 Å². The van der Waals surface area contributed by atoms with Crippen molar-refractivity contribution >= 4 is 210 Å². The van der Waals surface area contributed by atoms with E-state index in [2.05, 4.69) is 129 Å². The number of fused-ring (bicyclic) bond motifs is 6. The second-order valence-corrected chi connectivity index (χ2v) is 47.6. The Labute approximate surface area is 864 Å². The average molecular weight is 2120 g/mol. The van der Waals surface area contributed by atoms with Crippen LogP contribution in [0.3, 0.4) is 0 Å². The van der Waals surface area contributed by atoms with Crippen LogP contribution in [-0.4, -0.2) is 207 Å². The molecule has 0 amide bonds. The molecule has 14 atom stereocenters. The van der Waals surface area contributed by atoms with Crippen LogP contribution in [0.25, 0.3) is 61.3 Å². The number of nitrogens with two attached hydrogens (primary N) is 2. The van der Waals surface area contributed by atoms with Gasteiger partial charge in [-0.15, -0.1) is 68.0 Å². The lowest BCUT2D eigenvalue weighted by molar-refractivity contribution is 0.00446. The van der Waals surface area contributed by atoms with Gasteiger partial charge in [-0.25, -0.2) is 49.8 Å². The molecule has 744 valence electrons. The number of aliphatic hydroxyl groups excluding tert-OH is 5. The van der Waals surface area contributed by atoms with Gasteiger partial charge in [0, 0.05) is 119 Å². The standard InChI is InChI=1S/C17H20N4O3S2.C17H20N4OS2.C16H19N5OS.3C16H18N4OS2/c1-8-4-10(26-21-8)6-13-18-11-2-3-25-16(11)17(20-13)19-12-5-9(7-22)14(23)15(12)24;1-10-7-12(24-21-10)8-14-19-13-4-6-23-15(13)16(20-14)18-11-3-5-17(2,22)9-11;1-21-9-10(8-18-21)6-14-19-13-4-5-23-15(13)16(20-14)22-12-3-2-11(17)7-12;1-9-6-12(23-20-9)8-14-18-13-4-5-22-15(13)16(19-14)21-11-3-2-10(17)7-11;2*1-9-6-12(23-20-9)8-14-18-13-4-5-22-15(13)16(19-14)17-10-2-3-11(21)7-10/h2-4,9,12,14-15,22-24H,5-7H2,1H3,(H,18,19,20);4,6-7,11,22H,3,5,8-9H2,1-2H3,(H,18,19,20);4-5,8-9,11-12H,2-3,6-7,17H2,1H3;4-6,10-11H,2-3,7-8,17H2,1H3;2*4-6,10-11,21H,2-3,7-8H2,1H3,(H,17,18,19)/t9-,12-,14-,15+;;11-,12+;2*10-,11+;10-,11-/m1.1100/s1. The van der Waals surface area contributed by atoms with Crippen molar-refractivity contribution in [2.45, 2.75) is 261 Å². The van der Waals surface area contributed by atoms with Gasteiger partial charge in [0.1, 0.15) is 85.9 Å². The minimum absolute atomic E-state index is 0.148. The number of aromatic nitrogens is 19. The maximum Gasteiger partial charge on any atom is 0.235 e. The predicted molar refractivity (Wildman–Crippen MR) is 572 cm³/mol. The highest BCUT2D eigenvalue weighted by Crippen LogP contribution is 2.41. The molecular weight excluding hydrogens is 2010 g/mol. The minimum Gasteiger partial charge on any atom is -0.473 e. The van der Waals surface area contributed by atoms with Gasteiger partial charge in [0.25, 0.3) is 0 Å². The first-order valence-electron chi connectivity index (χ1n) is 47.7. The van der Waals surface area contributed by atoms with Crippen LogP contribution in [-0.2, 0) is 45.6 Å². The van der Waals surface area contributed by atoms with E-state index in [1.165, 1.54) is 88.5 Å². The summed E-state index contributed by atoms with van der Waals surface area (Å²) in [5.41, 5.74) is 23.4. The van der Waals surface area contributed by atoms with E-state index in [9.17, 15) is 30.6 Å². The summed E-state index contributed by atoms with van der Waals surface area (Å²) in [6.07, 6.45) is 20.1. The highest BCUT2D eigenvalue weighted by atomic mass is 32.1. The Kier molecular flexibility index (Phi) is 32.5. The molecule has 14 N–H and O–H groups in total. The van der Waals surface area contributed by atoms with Crippen LogP contribution in [0.15, 0.2) is 111 Å². The van der Waals surface area contributed by atoms with Crippen LogP contribution in [0.4, 0.5) is 23.3 Å². The molecule has 6 aliphatic carbocycles. The molecule has 0 spiro atoms. The number of aryl methyl sites for hydroxylation is 6. The largest absolute Gasteiger partial charge is 0.473 e. The van der Waals surface area contributed by atoms with Crippen molar-refractivity contribution in [1.82, 2.24) is 91.5 Å². The topological polar surface area (TPSA) is 477 Å². The number of nitrogens with one attached hydrogen (secondary N) is 4. The first-order chi connectivity index (χ1) is 68.7. The summed E-state index contributed by atoms with van der Waals surface area (Å²) < 4.78 is 41.9. The highest BCUT2D eigenvalue weighted by Gasteiger charge is 2.42. The molecule has 0 aliphatic heterocycles. The van der Waals surface area contributed by atoms with Gasteiger partial charge in [0.2, 0.25) is 11.8 Å². The van der Waals surface area contributed by atoms with Crippen LogP contribution >= 0.6 is 126 Å². The lowest BCUT2D eigenvalue weighted by atomic mass is 10.1. The van der Waals surface area contributed by atoms with Crippen molar-refractivity contribution < 1.29 is 40.1 Å². The molecule has 0 bridgehead atoms. The monoisotopic (exact) mass is 2120 g/mol. The highest BCUT2D eigenvalue weighted by molar-refractivity contribution is 7.19. The second kappa shape index (κ2) is 45.8. The Bertz CT molecular complexity index is 6730. The Morgan fingerprint density at radius 3 is 1.03 bits per heavy atom. The smallest absolute Gasteiger partial charge is 0.235 e. The molecule has 2 unspecified atom stereocenters. The summed E-state index contributed by atoms with van der Waals surface area (Å²) in [7, 11) is 1.91. The van der Waals surface area contributed by atoms with E-state index in [-0.39, 0.29) is 61.1 Å². The van der Waals surface area contributed by atoms with Crippen molar-refractivity contribution in [2.24, 2.45) is 24.4 Å². The first kappa shape index (κ1) is 101. The maximum atomic E-state index is 10.3. The summed E-state index contributed by atoms with van der Waals surface area (Å²) >= 11 is 17.2. The van der Waals surface area contributed by atoms with Crippen molar-refractivity contribution in [3.8, 4) is 11.8 Å². The summed E-state index contributed by atoms with van der Waals surface area (Å²) in [6, 6.07) is 23.5. The number of anilines is 4. The summed E-state index contributed by atoms with van der Waals surface area (Å²) in [5.74, 6) is 9.14. The molecule has 0 aromatic carbocycles. The molecule has 18 aromatic heterocycles. The molecular formula is C98H113N25O8S11. The maximum absolute atomic E-state index is 10.3. The molecule has 6 fully saturated rings. The molecule has 18 aromatic rings. The van der Waals surface area contributed by atoms with Gasteiger partial charge in [-0.05, 0) is 307 Å². The zero-order valence-electron chi connectivity index (χ0n) is 79.4. The number of hydrogen-bond acceptors (Lipinski definition) is 43. The van der Waals surface area contributed by atoms with E-state index >= 15 is 0 Å². The van der Waals surface area contributed by atoms with E-state index in [4.69, 9.17) is 40.9 Å². The number of hydrogen-bond donors (Lipinski definition) is 12. The average Bonchev–Trinajstić information content (AvgIpc) is 1.62. The Hall–Kier alpha value is -9.92. The van der Waals surface area contributed by atoms with Crippen LogP contribution in [0.5, 0.6) is 11.8 Å². The third-order valence-electron chi connectivity index (χ3n) is 25.5.